The first-order chi connectivity index (χ1) is 19.8. The normalized spacial score (nSPS) is 24.7. The lowest BCUT2D eigenvalue weighted by molar-refractivity contribution is -0.302. The quantitative estimate of drug-likeness (QED) is 0.0734. The molecule has 7 atom stereocenters. The van der Waals surface area contributed by atoms with E-state index in [-0.39, 0.29) is 12.5 Å². The maximum Gasteiger partial charge on any atom is 0.220 e. The van der Waals surface area contributed by atoms with Crippen molar-refractivity contribution in [1.82, 2.24) is 5.32 Å². The first kappa shape index (κ1) is 37.7. The third-order valence-corrected chi connectivity index (χ3v) is 7.52. The lowest BCUT2D eigenvalue weighted by Crippen LogP contribution is -2.60. The molecular formula is C32H59NO8. The highest BCUT2D eigenvalue weighted by Gasteiger charge is 2.44. The van der Waals surface area contributed by atoms with E-state index in [0.29, 0.717) is 6.42 Å². The summed E-state index contributed by atoms with van der Waals surface area (Å²) in [4.78, 5) is 12.7. The van der Waals surface area contributed by atoms with Crippen LogP contribution in [-0.4, -0.2) is 87.5 Å². The zero-order chi connectivity index (χ0) is 30.3. The van der Waals surface area contributed by atoms with Gasteiger partial charge in [0.1, 0.15) is 24.4 Å². The largest absolute Gasteiger partial charge is 0.394 e. The van der Waals surface area contributed by atoms with Gasteiger partial charge in [0, 0.05) is 6.42 Å². The minimum Gasteiger partial charge on any atom is -0.394 e. The molecule has 0 bridgehead atoms. The molecule has 1 heterocycles. The van der Waals surface area contributed by atoms with Crippen LogP contribution in [0.3, 0.4) is 0 Å². The molecule has 7 unspecified atom stereocenters. The van der Waals surface area contributed by atoms with E-state index in [2.05, 4.69) is 31.3 Å². The summed E-state index contributed by atoms with van der Waals surface area (Å²) in [7, 11) is 0. The standard InChI is InChI=1S/C32H59NO8/c1-3-5-7-9-10-11-12-13-14-15-16-18-20-22-28(36)33-25(26(35)21-19-17-8-6-4-2)24-40-32-31(39)30(38)29(37)27(23-34)41-32/h11-12,19,21,25-27,29-32,34-35,37-39H,3-10,13-18,20,22-24H2,1-2H3,(H,33,36)/b12-11-,21-19+. The van der Waals surface area contributed by atoms with Crippen LogP contribution in [0.4, 0.5) is 0 Å². The van der Waals surface area contributed by atoms with E-state index in [4.69, 9.17) is 9.47 Å². The predicted octanol–water partition coefficient (Wildman–Crippen LogP) is 4.04. The Balaban J connectivity index is 2.46. The van der Waals surface area contributed by atoms with Crippen LogP contribution in [0, 0.1) is 0 Å². The molecular weight excluding hydrogens is 526 g/mol. The molecule has 1 aliphatic rings. The summed E-state index contributed by atoms with van der Waals surface area (Å²) in [5.41, 5.74) is 0. The molecule has 0 saturated carbocycles. The van der Waals surface area contributed by atoms with Crippen LogP contribution < -0.4 is 5.32 Å². The van der Waals surface area contributed by atoms with E-state index in [1.165, 1.54) is 32.1 Å². The SMILES string of the molecule is CCCCC/C=C/C(O)C(COC1OC(CO)C(O)C(O)C1O)NC(=O)CCCCCCC/C=C\CCCCCC. The molecule has 6 N–H and O–H groups in total. The summed E-state index contributed by atoms with van der Waals surface area (Å²) in [5, 5.41) is 53.3. The maximum atomic E-state index is 12.7. The third-order valence-electron chi connectivity index (χ3n) is 7.52. The van der Waals surface area contributed by atoms with Crippen molar-refractivity contribution in [2.24, 2.45) is 0 Å². The van der Waals surface area contributed by atoms with Crippen LogP contribution in [0.5, 0.6) is 0 Å². The van der Waals surface area contributed by atoms with E-state index in [1.807, 2.05) is 6.08 Å². The number of nitrogens with one attached hydrogen (secondary N) is 1. The Morgan fingerprint density at radius 1 is 0.805 bits per heavy atom. The van der Waals surface area contributed by atoms with Crippen LogP contribution in [0.25, 0.3) is 0 Å². The Hall–Kier alpha value is -1.33. The minimum atomic E-state index is -1.56. The number of aliphatic hydroxyl groups is 5. The summed E-state index contributed by atoms with van der Waals surface area (Å²) in [5.74, 6) is -0.197. The second-order valence-corrected chi connectivity index (χ2v) is 11.2. The molecule has 1 rings (SSSR count). The highest BCUT2D eigenvalue weighted by molar-refractivity contribution is 5.76. The molecule has 0 aromatic heterocycles. The van der Waals surface area contributed by atoms with Gasteiger partial charge in [0.05, 0.1) is 25.4 Å². The second kappa shape index (κ2) is 24.1. The van der Waals surface area contributed by atoms with Gasteiger partial charge in [0.15, 0.2) is 6.29 Å². The van der Waals surface area contributed by atoms with E-state index in [1.54, 1.807) is 6.08 Å². The van der Waals surface area contributed by atoms with E-state index in [9.17, 15) is 30.3 Å². The van der Waals surface area contributed by atoms with Crippen LogP contribution in [0.15, 0.2) is 24.3 Å². The van der Waals surface area contributed by atoms with Gasteiger partial charge < -0.3 is 40.3 Å². The number of rotatable bonds is 24. The summed E-state index contributed by atoms with van der Waals surface area (Å²) >= 11 is 0. The van der Waals surface area contributed by atoms with E-state index >= 15 is 0 Å². The van der Waals surface area contributed by atoms with Gasteiger partial charge >= 0.3 is 0 Å². The van der Waals surface area contributed by atoms with Crippen LogP contribution in [0.2, 0.25) is 0 Å². The number of allylic oxidation sites excluding steroid dienone is 3. The van der Waals surface area contributed by atoms with Crippen molar-refractivity contribution in [2.45, 2.75) is 159 Å². The molecule has 41 heavy (non-hydrogen) atoms. The maximum absolute atomic E-state index is 12.7. The van der Waals surface area contributed by atoms with Crippen LogP contribution in [0.1, 0.15) is 117 Å². The fourth-order valence-corrected chi connectivity index (χ4v) is 4.79. The number of ether oxygens (including phenoxy) is 2. The van der Waals surface area contributed by atoms with Gasteiger partial charge in [-0.2, -0.15) is 0 Å². The van der Waals surface area contributed by atoms with Crippen molar-refractivity contribution >= 4 is 5.91 Å². The van der Waals surface area contributed by atoms with Gasteiger partial charge in [-0.3, -0.25) is 4.79 Å². The lowest BCUT2D eigenvalue weighted by Gasteiger charge is -2.40. The number of aliphatic hydroxyl groups excluding tert-OH is 5. The highest BCUT2D eigenvalue weighted by Crippen LogP contribution is 2.22. The van der Waals surface area contributed by atoms with Gasteiger partial charge in [-0.1, -0.05) is 89.5 Å². The molecule has 1 amide bonds. The Bertz CT molecular complexity index is 701. The molecule has 9 heteroatoms. The molecule has 0 spiro atoms. The first-order valence-corrected chi connectivity index (χ1v) is 16.1. The fraction of sp³-hybridized carbons (Fsp3) is 0.844. The Morgan fingerprint density at radius 2 is 1.37 bits per heavy atom. The second-order valence-electron chi connectivity index (χ2n) is 11.2. The van der Waals surface area contributed by atoms with Crippen molar-refractivity contribution < 1.29 is 39.8 Å². The molecule has 0 aromatic rings. The van der Waals surface area contributed by atoms with Gasteiger partial charge in [0.2, 0.25) is 5.91 Å². The Morgan fingerprint density at radius 3 is 2.02 bits per heavy atom. The average Bonchev–Trinajstić information content (AvgIpc) is 2.97. The summed E-state index contributed by atoms with van der Waals surface area (Å²) in [6, 6.07) is -0.800. The monoisotopic (exact) mass is 585 g/mol. The number of amides is 1. The van der Waals surface area contributed by atoms with Gasteiger partial charge in [-0.25, -0.2) is 0 Å². The smallest absolute Gasteiger partial charge is 0.220 e. The lowest BCUT2D eigenvalue weighted by atomic mass is 9.99. The third kappa shape index (κ3) is 16.8. The molecule has 0 aromatic carbocycles. The number of hydrogen-bond acceptors (Lipinski definition) is 8. The average molecular weight is 586 g/mol. The van der Waals surface area contributed by atoms with Crippen molar-refractivity contribution in [2.75, 3.05) is 13.2 Å². The first-order valence-electron chi connectivity index (χ1n) is 16.1. The van der Waals surface area contributed by atoms with E-state index in [0.717, 1.165) is 64.2 Å². The molecule has 1 aliphatic heterocycles. The molecule has 0 aliphatic carbocycles. The molecule has 0 radical (unpaired) electrons. The Labute approximate surface area is 248 Å². The fourth-order valence-electron chi connectivity index (χ4n) is 4.79. The van der Waals surface area contributed by atoms with E-state index < -0.39 is 49.5 Å². The van der Waals surface area contributed by atoms with Crippen molar-refractivity contribution in [3.8, 4) is 0 Å². The predicted molar refractivity (Wildman–Crippen MR) is 161 cm³/mol. The summed E-state index contributed by atoms with van der Waals surface area (Å²) < 4.78 is 11.0. The van der Waals surface area contributed by atoms with Gasteiger partial charge in [-0.15, -0.1) is 0 Å². The Kier molecular flexibility index (Phi) is 22.2. The van der Waals surface area contributed by atoms with Gasteiger partial charge in [0.25, 0.3) is 0 Å². The van der Waals surface area contributed by atoms with Crippen molar-refractivity contribution in [3.63, 3.8) is 0 Å². The minimum absolute atomic E-state index is 0.193. The highest BCUT2D eigenvalue weighted by atomic mass is 16.7. The zero-order valence-corrected chi connectivity index (χ0v) is 25.5. The number of carbonyl (C=O) groups is 1. The molecule has 9 nitrogen and oxygen atoms in total. The van der Waals surface area contributed by atoms with Crippen molar-refractivity contribution in [1.29, 1.82) is 0 Å². The molecule has 1 saturated heterocycles. The molecule has 240 valence electrons. The summed E-state index contributed by atoms with van der Waals surface area (Å²) in [6.45, 7) is 3.59. The van der Waals surface area contributed by atoms with Crippen molar-refractivity contribution in [3.05, 3.63) is 24.3 Å². The topological polar surface area (TPSA) is 149 Å². The number of unbranched alkanes of at least 4 members (excludes halogenated alkanes) is 12. The number of hydrogen-bond donors (Lipinski definition) is 6. The molecule has 1 fully saturated rings. The van der Waals surface area contributed by atoms with Gasteiger partial charge in [-0.05, 0) is 44.9 Å². The van der Waals surface area contributed by atoms with Crippen LogP contribution >= 0.6 is 0 Å². The van der Waals surface area contributed by atoms with Crippen LogP contribution in [-0.2, 0) is 14.3 Å². The zero-order valence-electron chi connectivity index (χ0n) is 25.5. The number of carbonyl (C=O) groups excluding carboxylic acids is 1. The summed E-state index contributed by atoms with van der Waals surface area (Å²) in [6.07, 6.45) is 16.9.